The SMILES string of the molecule is CCCCCCCCCCC/C=C/CC[N+](CC/C=C/CCCCCCCCCCC)(CC/C=C/CCCCCCCCCCC)Cc1ccccc1. The van der Waals surface area contributed by atoms with Gasteiger partial charge < -0.3 is 4.48 Å². The van der Waals surface area contributed by atoms with Gasteiger partial charge >= 0.3 is 0 Å². The molecular weight excluding hydrogens is 639 g/mol. The monoisotopic (exact) mass is 733 g/mol. The molecule has 0 radical (unpaired) electrons. The Labute approximate surface area is 334 Å². The predicted molar refractivity (Wildman–Crippen MR) is 242 cm³/mol. The number of hydrogen-bond acceptors (Lipinski definition) is 0. The smallest absolute Gasteiger partial charge is 0.104 e. The van der Waals surface area contributed by atoms with Gasteiger partial charge in [0.15, 0.2) is 0 Å². The summed E-state index contributed by atoms with van der Waals surface area (Å²) in [5.41, 5.74) is 1.50. The van der Waals surface area contributed by atoms with Crippen LogP contribution in [0.2, 0.25) is 0 Å². The molecular formula is C52H94N+. The van der Waals surface area contributed by atoms with Crippen LogP contribution in [0.3, 0.4) is 0 Å². The van der Waals surface area contributed by atoms with E-state index < -0.39 is 0 Å². The molecule has 53 heavy (non-hydrogen) atoms. The lowest BCUT2D eigenvalue weighted by molar-refractivity contribution is -0.940. The first-order valence-electron chi connectivity index (χ1n) is 24.1. The molecule has 1 heteroatoms. The van der Waals surface area contributed by atoms with E-state index in [0.717, 1.165) is 6.54 Å². The van der Waals surface area contributed by atoms with Gasteiger partial charge in [-0.15, -0.1) is 0 Å². The van der Waals surface area contributed by atoms with Gasteiger partial charge in [0.2, 0.25) is 0 Å². The van der Waals surface area contributed by atoms with Gasteiger partial charge in [-0.3, -0.25) is 0 Å². The molecule has 0 atom stereocenters. The highest BCUT2D eigenvalue weighted by Crippen LogP contribution is 2.20. The summed E-state index contributed by atoms with van der Waals surface area (Å²) >= 11 is 0. The lowest BCUT2D eigenvalue weighted by Gasteiger charge is -2.39. The highest BCUT2D eigenvalue weighted by Gasteiger charge is 2.25. The summed E-state index contributed by atoms with van der Waals surface area (Å²) in [5, 5.41) is 0. The minimum Gasteiger partial charge on any atom is -0.319 e. The van der Waals surface area contributed by atoms with Crippen molar-refractivity contribution in [3.8, 4) is 0 Å². The first-order valence-corrected chi connectivity index (χ1v) is 24.1. The lowest BCUT2D eigenvalue weighted by atomic mass is 10.1. The summed E-state index contributed by atoms with van der Waals surface area (Å²) < 4.78 is 1.21. The molecule has 0 N–H and O–H groups in total. The molecule has 0 bridgehead atoms. The Balaban J connectivity index is 2.63. The summed E-state index contributed by atoms with van der Waals surface area (Å²) in [6, 6.07) is 11.4. The molecule has 0 aliphatic rings. The lowest BCUT2D eigenvalue weighted by Crippen LogP contribution is -2.49. The topological polar surface area (TPSA) is 0 Å². The van der Waals surface area contributed by atoms with Gasteiger partial charge in [0, 0.05) is 24.8 Å². The summed E-state index contributed by atoms with van der Waals surface area (Å²) in [4.78, 5) is 0. The summed E-state index contributed by atoms with van der Waals surface area (Å²) in [6.07, 6.45) is 60.7. The molecule has 0 aliphatic carbocycles. The van der Waals surface area contributed by atoms with Crippen molar-refractivity contribution >= 4 is 0 Å². The van der Waals surface area contributed by atoms with Gasteiger partial charge in [0.25, 0.3) is 0 Å². The molecule has 0 saturated carbocycles. The molecule has 1 aromatic carbocycles. The van der Waals surface area contributed by atoms with Crippen molar-refractivity contribution in [3.05, 3.63) is 72.4 Å². The molecule has 0 fully saturated rings. The van der Waals surface area contributed by atoms with Crippen molar-refractivity contribution < 1.29 is 4.48 Å². The first kappa shape index (κ1) is 49.4. The van der Waals surface area contributed by atoms with Gasteiger partial charge in [-0.2, -0.15) is 0 Å². The quantitative estimate of drug-likeness (QED) is 0.0357. The minimum absolute atomic E-state index is 1.16. The Kier molecular flexibility index (Phi) is 37.4. The van der Waals surface area contributed by atoms with Crippen LogP contribution in [0.15, 0.2) is 66.8 Å². The van der Waals surface area contributed by atoms with Crippen LogP contribution in [0.4, 0.5) is 0 Å². The minimum atomic E-state index is 1.16. The van der Waals surface area contributed by atoms with E-state index in [0.29, 0.717) is 0 Å². The van der Waals surface area contributed by atoms with Crippen LogP contribution in [-0.4, -0.2) is 24.1 Å². The van der Waals surface area contributed by atoms with E-state index in [2.05, 4.69) is 87.6 Å². The summed E-state index contributed by atoms with van der Waals surface area (Å²) in [6.45, 7) is 11.8. The molecule has 1 nitrogen and oxygen atoms in total. The molecule has 0 unspecified atom stereocenters. The van der Waals surface area contributed by atoms with E-state index in [9.17, 15) is 0 Å². The maximum Gasteiger partial charge on any atom is 0.104 e. The highest BCUT2D eigenvalue weighted by atomic mass is 15.3. The number of benzene rings is 1. The molecule has 1 aromatic rings. The van der Waals surface area contributed by atoms with Crippen LogP contribution in [0.5, 0.6) is 0 Å². The van der Waals surface area contributed by atoms with Crippen LogP contribution < -0.4 is 0 Å². The van der Waals surface area contributed by atoms with Crippen molar-refractivity contribution in [2.24, 2.45) is 0 Å². The van der Waals surface area contributed by atoms with E-state index in [1.807, 2.05) is 0 Å². The third-order valence-electron chi connectivity index (χ3n) is 11.6. The second-order valence-electron chi connectivity index (χ2n) is 16.8. The number of nitrogens with zero attached hydrogens (tertiary/aromatic N) is 1. The van der Waals surface area contributed by atoms with Gasteiger partial charge in [-0.05, 0) is 38.5 Å². The zero-order valence-corrected chi connectivity index (χ0v) is 36.5. The van der Waals surface area contributed by atoms with Crippen molar-refractivity contribution in [3.63, 3.8) is 0 Å². The van der Waals surface area contributed by atoms with Gasteiger partial charge in [0.05, 0.1) is 19.6 Å². The Bertz CT molecular complexity index is 837. The Hall–Kier alpha value is -1.60. The number of hydrogen-bond donors (Lipinski definition) is 0. The van der Waals surface area contributed by atoms with Crippen LogP contribution in [0.1, 0.15) is 238 Å². The second-order valence-corrected chi connectivity index (χ2v) is 16.8. The molecule has 0 spiro atoms. The molecule has 1 rings (SSSR count). The molecule has 306 valence electrons. The van der Waals surface area contributed by atoms with E-state index in [1.54, 1.807) is 0 Å². The Morgan fingerprint density at radius 3 is 0.887 bits per heavy atom. The zero-order valence-electron chi connectivity index (χ0n) is 36.5. The average molecular weight is 733 g/mol. The fraction of sp³-hybridized carbons (Fsp3) is 0.769. The van der Waals surface area contributed by atoms with Crippen LogP contribution >= 0.6 is 0 Å². The van der Waals surface area contributed by atoms with Crippen LogP contribution in [0.25, 0.3) is 0 Å². The van der Waals surface area contributed by atoms with E-state index >= 15 is 0 Å². The Morgan fingerprint density at radius 2 is 0.585 bits per heavy atom. The molecule has 0 aliphatic heterocycles. The van der Waals surface area contributed by atoms with Crippen molar-refractivity contribution in [1.29, 1.82) is 0 Å². The van der Waals surface area contributed by atoms with Gasteiger partial charge in [-0.25, -0.2) is 0 Å². The molecule has 0 amide bonds. The van der Waals surface area contributed by atoms with Crippen molar-refractivity contribution in [1.82, 2.24) is 0 Å². The summed E-state index contributed by atoms with van der Waals surface area (Å²) in [7, 11) is 0. The van der Waals surface area contributed by atoms with Gasteiger partial charge in [0.1, 0.15) is 6.54 Å². The third-order valence-corrected chi connectivity index (χ3v) is 11.6. The number of allylic oxidation sites excluding steroid dienone is 3. The number of rotatable bonds is 41. The van der Waals surface area contributed by atoms with Crippen LogP contribution in [0, 0.1) is 0 Å². The standard InChI is InChI=1S/C52H94N/c1-4-7-10-13-16-19-22-25-28-31-34-37-43-48-53(51-52-46-41-40-42-47-52,49-44-38-35-32-29-26-23-20-17-14-11-8-5-2)50-45-39-36-33-30-27-24-21-18-15-12-9-6-3/h34-42,46-47H,4-33,43-45,48-51H2,1-3H3/q+1/b37-34+,38-35+,39-36+. The second kappa shape index (κ2) is 40.1. The van der Waals surface area contributed by atoms with E-state index in [4.69, 9.17) is 0 Å². The van der Waals surface area contributed by atoms with Crippen molar-refractivity contribution in [2.75, 3.05) is 19.6 Å². The third kappa shape index (κ3) is 33.5. The number of quaternary nitrogens is 1. The largest absolute Gasteiger partial charge is 0.319 e. The first-order chi connectivity index (χ1) is 26.3. The van der Waals surface area contributed by atoms with Crippen molar-refractivity contribution in [2.45, 2.75) is 239 Å². The number of unbranched alkanes of at least 4 members (excludes halogenated alkanes) is 27. The molecule has 0 aromatic heterocycles. The highest BCUT2D eigenvalue weighted by molar-refractivity contribution is 5.13. The van der Waals surface area contributed by atoms with E-state index in [-0.39, 0.29) is 0 Å². The summed E-state index contributed by atoms with van der Waals surface area (Å²) in [5.74, 6) is 0. The van der Waals surface area contributed by atoms with Gasteiger partial charge in [-0.1, -0.05) is 242 Å². The predicted octanol–water partition coefficient (Wildman–Crippen LogP) is 17.6. The normalized spacial score (nSPS) is 12.4. The molecule has 0 saturated heterocycles. The van der Waals surface area contributed by atoms with Crippen LogP contribution in [-0.2, 0) is 6.54 Å². The Morgan fingerprint density at radius 1 is 0.321 bits per heavy atom. The fourth-order valence-corrected chi connectivity index (χ4v) is 8.01. The average Bonchev–Trinajstić information content (AvgIpc) is 3.17. The zero-order chi connectivity index (χ0) is 38.0. The van der Waals surface area contributed by atoms with E-state index in [1.165, 1.54) is 242 Å². The maximum atomic E-state index is 2.53. The molecule has 0 heterocycles. The maximum absolute atomic E-state index is 2.53. The fourth-order valence-electron chi connectivity index (χ4n) is 8.01.